The van der Waals surface area contributed by atoms with Crippen molar-refractivity contribution in [2.75, 3.05) is 0 Å². The third-order valence-corrected chi connectivity index (χ3v) is 8.75. The summed E-state index contributed by atoms with van der Waals surface area (Å²) >= 11 is 0. The van der Waals surface area contributed by atoms with E-state index in [0.717, 1.165) is 43.1 Å². The molecule has 0 aliphatic heterocycles. The Balaban J connectivity index is 1.31. The van der Waals surface area contributed by atoms with Crippen LogP contribution in [-0.2, 0) is 0 Å². The first-order chi connectivity index (χ1) is 26.2. The van der Waals surface area contributed by atoms with Gasteiger partial charge < -0.3 is 4.42 Å². The first-order valence-electron chi connectivity index (χ1n) is 18.7. The van der Waals surface area contributed by atoms with Gasteiger partial charge in [0, 0.05) is 27.5 Å². The zero-order valence-electron chi connectivity index (χ0n) is 31.6. The van der Waals surface area contributed by atoms with Crippen LogP contribution in [0.15, 0.2) is 156 Å². The molecule has 10 aromatic rings. The first-order valence-corrected chi connectivity index (χ1v) is 15.2. The van der Waals surface area contributed by atoms with Crippen molar-refractivity contribution in [2.45, 2.75) is 0 Å². The lowest BCUT2D eigenvalue weighted by Crippen LogP contribution is -2.00. The Kier molecular flexibility index (Phi) is 4.26. The number of nitrogens with zero attached hydrogens (tertiary/aromatic N) is 3. The van der Waals surface area contributed by atoms with Crippen molar-refractivity contribution in [3.05, 3.63) is 151 Å². The minimum atomic E-state index is -0.533. The van der Waals surface area contributed by atoms with Gasteiger partial charge in [-0.25, -0.2) is 15.0 Å². The molecule has 4 nitrogen and oxygen atoms in total. The number of hydrogen-bond acceptors (Lipinski definition) is 4. The van der Waals surface area contributed by atoms with Crippen molar-refractivity contribution >= 4 is 65.0 Å². The summed E-state index contributed by atoms with van der Waals surface area (Å²) in [6.45, 7) is 0. The van der Waals surface area contributed by atoms with Gasteiger partial charge in [-0.15, -0.1) is 0 Å². The largest absolute Gasteiger partial charge is 0.456 e. The molecule has 2 heterocycles. The van der Waals surface area contributed by atoms with Crippen LogP contribution < -0.4 is 0 Å². The molecule has 0 aliphatic rings. The summed E-state index contributed by atoms with van der Waals surface area (Å²) in [6.07, 6.45) is 0. The molecule has 0 saturated heterocycles. The Morgan fingerprint density at radius 1 is 0.447 bits per heavy atom. The van der Waals surface area contributed by atoms with Gasteiger partial charge in [0.05, 0.1) is 9.60 Å². The van der Waals surface area contributed by atoms with Crippen molar-refractivity contribution < 1.29 is 14.0 Å². The van der Waals surface area contributed by atoms with Crippen LogP contribution in [0.1, 0.15) is 9.60 Å². The molecule has 4 heteroatoms. The molecule has 10 rings (SSSR count). The lowest BCUT2D eigenvalue weighted by atomic mass is 9.93. The van der Waals surface area contributed by atoms with Crippen LogP contribution in [0.2, 0.25) is 0 Å². The van der Waals surface area contributed by atoms with E-state index in [1.54, 1.807) is 0 Å². The van der Waals surface area contributed by atoms with Gasteiger partial charge in [0.1, 0.15) is 11.2 Å². The highest BCUT2D eigenvalue weighted by Crippen LogP contribution is 2.39. The monoisotopic (exact) mass is 606 g/mol. The standard InChI is InChI=1S/C43H25N3O/c1-2-11-27-24-28(21-20-26(27)10-1)41-44-42(46-43(45-41)36-17-9-19-39-40(36)35-16-7-8-18-38(35)47-39)29-22-23-34-32-14-4-3-12-30(32)31-13-5-6-15-33(31)37(34)25-29/h1-25H/i1D,2D,10D,11D,20D,21D,24D. The maximum atomic E-state index is 9.29. The normalized spacial score (nSPS) is 13.9. The molecular weight excluding hydrogens is 574 g/mol. The Morgan fingerprint density at radius 2 is 1.04 bits per heavy atom. The molecule has 8 aromatic carbocycles. The third kappa shape index (κ3) is 4.05. The molecule has 0 fully saturated rings. The predicted octanol–water partition coefficient (Wildman–Crippen LogP) is 11.4. The molecule has 0 atom stereocenters. The fourth-order valence-electron chi connectivity index (χ4n) is 6.64. The topological polar surface area (TPSA) is 51.8 Å². The Bertz CT molecular complexity index is 3230. The molecule has 47 heavy (non-hydrogen) atoms. The van der Waals surface area contributed by atoms with E-state index in [9.17, 15) is 1.37 Å². The van der Waals surface area contributed by atoms with Crippen LogP contribution in [0, 0.1) is 0 Å². The second kappa shape index (κ2) is 10.1. The van der Waals surface area contributed by atoms with Crippen molar-refractivity contribution in [2.24, 2.45) is 0 Å². The van der Waals surface area contributed by atoms with E-state index in [-0.39, 0.29) is 39.9 Å². The summed E-state index contributed by atoms with van der Waals surface area (Å²) in [5.74, 6) is 0.441. The molecule has 0 saturated carbocycles. The number of benzene rings is 8. The van der Waals surface area contributed by atoms with E-state index >= 15 is 0 Å². The Labute approximate surface area is 279 Å². The minimum Gasteiger partial charge on any atom is -0.456 e. The average Bonchev–Trinajstić information content (AvgIpc) is 3.59. The van der Waals surface area contributed by atoms with Crippen LogP contribution in [-0.4, -0.2) is 15.0 Å². The van der Waals surface area contributed by atoms with Gasteiger partial charge in [-0.3, -0.25) is 0 Å². The van der Waals surface area contributed by atoms with E-state index < -0.39 is 36.3 Å². The van der Waals surface area contributed by atoms with Gasteiger partial charge in [-0.05, 0) is 67.3 Å². The molecule has 0 bridgehead atoms. The summed E-state index contributed by atoms with van der Waals surface area (Å²) in [7, 11) is 0. The second-order valence-corrected chi connectivity index (χ2v) is 11.4. The van der Waals surface area contributed by atoms with Gasteiger partial charge >= 0.3 is 0 Å². The molecule has 218 valence electrons. The fourth-order valence-corrected chi connectivity index (χ4v) is 6.64. The zero-order valence-corrected chi connectivity index (χ0v) is 24.6. The summed E-state index contributed by atoms with van der Waals surface area (Å²) in [4.78, 5) is 14.8. The summed E-state index contributed by atoms with van der Waals surface area (Å²) in [5, 5.41) is 7.72. The van der Waals surface area contributed by atoms with Crippen LogP contribution >= 0.6 is 0 Å². The number of hydrogen-bond donors (Lipinski definition) is 0. The van der Waals surface area contributed by atoms with Gasteiger partial charge in [-0.1, -0.05) is 127 Å². The summed E-state index contributed by atoms with van der Waals surface area (Å²) in [5.41, 5.74) is 2.46. The Hall–Kier alpha value is -6.39. The number of aromatic nitrogens is 3. The second-order valence-electron chi connectivity index (χ2n) is 11.4. The average molecular weight is 607 g/mol. The molecular formula is C43H25N3O. The van der Waals surface area contributed by atoms with Gasteiger partial charge in [-0.2, -0.15) is 0 Å². The van der Waals surface area contributed by atoms with Crippen LogP contribution in [0.5, 0.6) is 0 Å². The highest BCUT2D eigenvalue weighted by Gasteiger charge is 2.18. The molecule has 0 aliphatic carbocycles. The van der Waals surface area contributed by atoms with Gasteiger partial charge in [0.2, 0.25) is 0 Å². The number of para-hydroxylation sites is 1. The molecule has 0 spiro atoms. The molecule has 2 aromatic heterocycles. The van der Waals surface area contributed by atoms with Gasteiger partial charge in [0.25, 0.3) is 0 Å². The van der Waals surface area contributed by atoms with E-state index in [0.29, 0.717) is 22.3 Å². The third-order valence-electron chi connectivity index (χ3n) is 8.75. The number of fused-ring (bicyclic) bond motifs is 10. The van der Waals surface area contributed by atoms with Crippen molar-refractivity contribution in [3.63, 3.8) is 0 Å². The molecule has 0 amide bonds. The lowest BCUT2D eigenvalue weighted by Gasteiger charge is -2.13. The molecule has 0 N–H and O–H groups in total. The predicted molar refractivity (Wildman–Crippen MR) is 193 cm³/mol. The van der Waals surface area contributed by atoms with Crippen LogP contribution in [0.4, 0.5) is 0 Å². The fraction of sp³-hybridized carbons (Fsp3) is 0. The first kappa shape index (κ1) is 19.9. The van der Waals surface area contributed by atoms with Crippen LogP contribution in [0.3, 0.4) is 0 Å². The maximum Gasteiger partial charge on any atom is 0.164 e. The Morgan fingerprint density at radius 3 is 1.81 bits per heavy atom. The molecule has 0 unspecified atom stereocenters. The smallest absolute Gasteiger partial charge is 0.164 e. The van der Waals surface area contributed by atoms with E-state index in [4.69, 9.17) is 27.6 Å². The maximum absolute atomic E-state index is 9.29. The van der Waals surface area contributed by atoms with E-state index in [1.165, 1.54) is 0 Å². The quantitative estimate of drug-likeness (QED) is 0.188. The SMILES string of the molecule is [2H]c1c([2H])c([2H])c2c([2H])c(-c3nc(-c4ccc5c6ccccc6c6ccccc6c5c4)nc(-c4cccc5oc6ccccc6c45)n3)c([2H])c([2H])c2c1[2H]. The summed E-state index contributed by atoms with van der Waals surface area (Å²) < 4.78 is 67.2. The zero-order chi connectivity index (χ0) is 37.0. The van der Waals surface area contributed by atoms with Crippen molar-refractivity contribution in [1.82, 2.24) is 15.0 Å². The van der Waals surface area contributed by atoms with E-state index in [1.807, 2.05) is 84.9 Å². The summed E-state index contributed by atoms with van der Waals surface area (Å²) in [6, 6.07) is 32.6. The van der Waals surface area contributed by atoms with E-state index in [2.05, 4.69) is 24.3 Å². The minimum absolute atomic E-state index is 0.0684. The molecule has 0 radical (unpaired) electrons. The van der Waals surface area contributed by atoms with Crippen molar-refractivity contribution in [1.29, 1.82) is 0 Å². The lowest BCUT2D eigenvalue weighted by molar-refractivity contribution is 0.669. The number of rotatable bonds is 3. The highest BCUT2D eigenvalue weighted by molar-refractivity contribution is 6.25. The van der Waals surface area contributed by atoms with Gasteiger partial charge in [0.15, 0.2) is 17.5 Å². The number of furan rings is 1. The highest BCUT2D eigenvalue weighted by atomic mass is 16.3. The van der Waals surface area contributed by atoms with Crippen molar-refractivity contribution in [3.8, 4) is 34.2 Å². The van der Waals surface area contributed by atoms with Crippen LogP contribution in [0.25, 0.3) is 99.2 Å².